The topological polar surface area (TPSA) is 28.7 Å². The molecule has 2 rings (SSSR count). The average Bonchev–Trinajstić information content (AvgIpc) is 2.69. The van der Waals surface area contributed by atoms with Crippen LogP contribution >= 0.6 is 0 Å². The maximum atomic E-state index is 12.8. The molecular weight excluding hydrogens is 241 g/mol. The van der Waals surface area contributed by atoms with E-state index in [1.54, 1.807) is 16.8 Å². The molecule has 0 amide bonds. The number of nitriles is 1. The van der Waals surface area contributed by atoms with Gasteiger partial charge in [-0.1, -0.05) is 0 Å². The molecule has 94 valence electrons. The summed E-state index contributed by atoms with van der Waals surface area (Å²) in [4.78, 5) is 0. The van der Waals surface area contributed by atoms with Gasteiger partial charge in [0, 0.05) is 17.6 Å². The van der Waals surface area contributed by atoms with E-state index in [1.807, 2.05) is 19.9 Å². The van der Waals surface area contributed by atoms with Crippen molar-refractivity contribution in [2.45, 2.75) is 26.1 Å². The van der Waals surface area contributed by atoms with Crippen LogP contribution in [0, 0.1) is 11.3 Å². The Hall–Kier alpha value is -1.96. The molecule has 0 N–H and O–H groups in total. The predicted octanol–water partition coefficient (Wildman–Crippen LogP) is 4.11. The standard InChI is InChI=1S/C13H11F3N2/c1-8(2)18-4-3-11-9(7-17)5-10(6-12(11)18)13(14,15)16/h3-6,8H,1-2H3. The zero-order valence-corrected chi connectivity index (χ0v) is 9.92. The van der Waals surface area contributed by atoms with Crippen molar-refractivity contribution in [1.82, 2.24) is 4.57 Å². The van der Waals surface area contributed by atoms with E-state index in [0.717, 1.165) is 12.1 Å². The lowest BCUT2D eigenvalue weighted by Gasteiger charge is -2.12. The molecule has 0 spiro atoms. The lowest BCUT2D eigenvalue weighted by molar-refractivity contribution is -0.137. The molecular formula is C13H11F3N2. The average molecular weight is 252 g/mol. The molecule has 0 aliphatic heterocycles. The molecule has 5 heteroatoms. The fourth-order valence-corrected chi connectivity index (χ4v) is 1.97. The SMILES string of the molecule is CC(C)n1ccc2c(C#N)cc(C(F)(F)F)cc21. The number of benzene rings is 1. The van der Waals surface area contributed by atoms with Crippen LogP contribution in [0.15, 0.2) is 24.4 Å². The van der Waals surface area contributed by atoms with Crippen LogP contribution in [-0.4, -0.2) is 4.57 Å². The molecule has 2 nitrogen and oxygen atoms in total. The number of aromatic nitrogens is 1. The largest absolute Gasteiger partial charge is 0.416 e. The van der Waals surface area contributed by atoms with Crippen LogP contribution in [-0.2, 0) is 6.18 Å². The Balaban J connectivity index is 2.80. The number of nitrogens with zero attached hydrogens (tertiary/aromatic N) is 2. The Kier molecular flexibility index (Phi) is 2.81. The summed E-state index contributed by atoms with van der Waals surface area (Å²) in [5.74, 6) is 0. The van der Waals surface area contributed by atoms with Gasteiger partial charge >= 0.3 is 6.18 Å². The number of alkyl halides is 3. The fourth-order valence-electron chi connectivity index (χ4n) is 1.97. The number of rotatable bonds is 1. The summed E-state index contributed by atoms with van der Waals surface area (Å²) in [6, 6.07) is 5.52. The number of hydrogen-bond donors (Lipinski definition) is 0. The molecule has 1 aromatic heterocycles. The second-order valence-electron chi connectivity index (χ2n) is 4.38. The first-order chi connectivity index (χ1) is 8.34. The van der Waals surface area contributed by atoms with E-state index >= 15 is 0 Å². The van der Waals surface area contributed by atoms with Crippen LogP contribution in [0.2, 0.25) is 0 Å². The minimum Gasteiger partial charge on any atom is -0.345 e. The monoisotopic (exact) mass is 252 g/mol. The van der Waals surface area contributed by atoms with Crippen molar-refractivity contribution in [3.8, 4) is 6.07 Å². The molecule has 0 saturated carbocycles. The van der Waals surface area contributed by atoms with Crippen molar-refractivity contribution in [2.75, 3.05) is 0 Å². The Bertz CT molecular complexity index is 630. The van der Waals surface area contributed by atoms with Crippen molar-refractivity contribution in [2.24, 2.45) is 0 Å². The van der Waals surface area contributed by atoms with Crippen molar-refractivity contribution >= 4 is 10.9 Å². The molecule has 18 heavy (non-hydrogen) atoms. The Morgan fingerprint density at radius 1 is 1.28 bits per heavy atom. The molecule has 1 aromatic carbocycles. The maximum Gasteiger partial charge on any atom is 0.416 e. The van der Waals surface area contributed by atoms with Gasteiger partial charge in [-0.2, -0.15) is 18.4 Å². The van der Waals surface area contributed by atoms with Gasteiger partial charge in [-0.05, 0) is 32.0 Å². The lowest BCUT2D eigenvalue weighted by Crippen LogP contribution is -2.06. The van der Waals surface area contributed by atoms with E-state index in [1.165, 1.54) is 0 Å². The minimum atomic E-state index is -4.44. The van der Waals surface area contributed by atoms with Gasteiger partial charge in [0.05, 0.1) is 22.7 Å². The highest BCUT2D eigenvalue weighted by molar-refractivity contribution is 5.87. The van der Waals surface area contributed by atoms with Crippen LogP contribution in [0.25, 0.3) is 10.9 Å². The molecule has 0 atom stereocenters. The van der Waals surface area contributed by atoms with Gasteiger partial charge in [0.15, 0.2) is 0 Å². The Labute approximate surface area is 102 Å². The maximum absolute atomic E-state index is 12.8. The Morgan fingerprint density at radius 2 is 1.94 bits per heavy atom. The van der Waals surface area contributed by atoms with E-state index in [-0.39, 0.29) is 11.6 Å². The summed E-state index contributed by atoms with van der Waals surface area (Å²) < 4.78 is 40.0. The number of hydrogen-bond acceptors (Lipinski definition) is 1. The predicted molar refractivity (Wildman–Crippen MR) is 62.0 cm³/mol. The quantitative estimate of drug-likeness (QED) is 0.750. The second kappa shape index (κ2) is 4.05. The summed E-state index contributed by atoms with van der Waals surface area (Å²) >= 11 is 0. The Morgan fingerprint density at radius 3 is 2.44 bits per heavy atom. The van der Waals surface area contributed by atoms with Gasteiger partial charge in [-0.15, -0.1) is 0 Å². The lowest BCUT2D eigenvalue weighted by atomic mass is 10.1. The van der Waals surface area contributed by atoms with Crippen LogP contribution in [0.1, 0.15) is 31.0 Å². The molecule has 0 aliphatic rings. The molecule has 0 aliphatic carbocycles. The first-order valence-corrected chi connectivity index (χ1v) is 5.46. The first kappa shape index (κ1) is 12.5. The second-order valence-corrected chi connectivity index (χ2v) is 4.38. The van der Waals surface area contributed by atoms with Gasteiger partial charge in [-0.25, -0.2) is 0 Å². The van der Waals surface area contributed by atoms with Gasteiger partial charge < -0.3 is 4.57 Å². The van der Waals surface area contributed by atoms with Gasteiger partial charge in [0.2, 0.25) is 0 Å². The molecule has 0 saturated heterocycles. The zero-order valence-electron chi connectivity index (χ0n) is 9.92. The highest BCUT2D eigenvalue weighted by Gasteiger charge is 2.31. The highest BCUT2D eigenvalue weighted by atomic mass is 19.4. The summed E-state index contributed by atoms with van der Waals surface area (Å²) in [6.07, 6.45) is -2.73. The third-order valence-corrected chi connectivity index (χ3v) is 2.84. The molecule has 0 bridgehead atoms. The van der Waals surface area contributed by atoms with E-state index in [2.05, 4.69) is 0 Å². The van der Waals surface area contributed by atoms with Gasteiger partial charge in [-0.3, -0.25) is 0 Å². The molecule has 0 radical (unpaired) electrons. The summed E-state index contributed by atoms with van der Waals surface area (Å²) in [6.45, 7) is 3.76. The number of fused-ring (bicyclic) bond motifs is 1. The van der Waals surface area contributed by atoms with E-state index < -0.39 is 11.7 Å². The number of halogens is 3. The zero-order chi connectivity index (χ0) is 13.5. The fraction of sp³-hybridized carbons (Fsp3) is 0.308. The summed E-state index contributed by atoms with van der Waals surface area (Å²) in [5.41, 5.74) is -0.289. The first-order valence-electron chi connectivity index (χ1n) is 5.46. The minimum absolute atomic E-state index is 0.0394. The third kappa shape index (κ3) is 1.94. The van der Waals surface area contributed by atoms with Crippen LogP contribution in [0.4, 0.5) is 13.2 Å². The molecule has 1 heterocycles. The van der Waals surface area contributed by atoms with E-state index in [0.29, 0.717) is 10.9 Å². The van der Waals surface area contributed by atoms with Crippen molar-refractivity contribution < 1.29 is 13.2 Å². The van der Waals surface area contributed by atoms with Gasteiger partial charge in [0.1, 0.15) is 0 Å². The molecule has 2 aromatic rings. The van der Waals surface area contributed by atoms with Crippen molar-refractivity contribution in [3.05, 3.63) is 35.5 Å². The highest BCUT2D eigenvalue weighted by Crippen LogP contribution is 2.34. The van der Waals surface area contributed by atoms with E-state index in [4.69, 9.17) is 5.26 Å². The van der Waals surface area contributed by atoms with Crippen LogP contribution in [0.3, 0.4) is 0 Å². The third-order valence-electron chi connectivity index (χ3n) is 2.84. The van der Waals surface area contributed by atoms with Gasteiger partial charge in [0.25, 0.3) is 0 Å². The van der Waals surface area contributed by atoms with Crippen molar-refractivity contribution in [3.63, 3.8) is 0 Å². The van der Waals surface area contributed by atoms with Crippen LogP contribution in [0.5, 0.6) is 0 Å². The summed E-state index contributed by atoms with van der Waals surface area (Å²) in [7, 11) is 0. The van der Waals surface area contributed by atoms with E-state index in [9.17, 15) is 13.2 Å². The molecule has 0 unspecified atom stereocenters. The smallest absolute Gasteiger partial charge is 0.345 e. The normalized spacial score (nSPS) is 12.1. The summed E-state index contributed by atoms with van der Waals surface area (Å²) in [5, 5.41) is 9.50. The molecule has 0 fully saturated rings. The van der Waals surface area contributed by atoms with Crippen molar-refractivity contribution in [1.29, 1.82) is 5.26 Å². The van der Waals surface area contributed by atoms with Crippen LogP contribution < -0.4 is 0 Å².